The van der Waals surface area contributed by atoms with Gasteiger partial charge in [-0.25, -0.2) is 4.98 Å². The molecule has 1 aromatic heterocycles. The first kappa shape index (κ1) is 8.65. The van der Waals surface area contributed by atoms with Crippen molar-refractivity contribution in [2.75, 3.05) is 11.5 Å². The molecule has 0 aliphatic heterocycles. The summed E-state index contributed by atoms with van der Waals surface area (Å²) in [4.78, 5) is 4.15. The van der Waals surface area contributed by atoms with E-state index in [4.69, 9.17) is 0 Å². The zero-order chi connectivity index (χ0) is 8.10. The van der Waals surface area contributed by atoms with Crippen LogP contribution in [0.3, 0.4) is 0 Å². The van der Waals surface area contributed by atoms with Crippen LogP contribution in [0.5, 0.6) is 0 Å². The van der Waals surface area contributed by atoms with Crippen LogP contribution in [0.4, 0.5) is 0 Å². The molecule has 1 heterocycles. The van der Waals surface area contributed by atoms with Gasteiger partial charge < -0.3 is 4.57 Å². The highest BCUT2D eigenvalue weighted by Gasteiger charge is 1.94. The van der Waals surface area contributed by atoms with Crippen molar-refractivity contribution in [3.05, 3.63) is 18.2 Å². The number of rotatable bonds is 4. The minimum Gasteiger partial charge on any atom is -0.334 e. The normalized spacial score (nSPS) is 10.4. The molecular formula is C8H14N2S. The average molecular weight is 170 g/mol. The largest absolute Gasteiger partial charge is 0.334 e. The Morgan fingerprint density at radius 1 is 1.64 bits per heavy atom. The van der Waals surface area contributed by atoms with Gasteiger partial charge in [0.15, 0.2) is 0 Å². The van der Waals surface area contributed by atoms with Crippen LogP contribution in [0.2, 0.25) is 0 Å². The van der Waals surface area contributed by atoms with Gasteiger partial charge in [0.05, 0.1) is 0 Å². The summed E-state index contributed by atoms with van der Waals surface area (Å²) < 4.78 is 2.18. The molecule has 0 unspecified atom stereocenters. The van der Waals surface area contributed by atoms with Crippen LogP contribution in [0.1, 0.15) is 12.7 Å². The Hall–Kier alpha value is -0.440. The summed E-state index contributed by atoms with van der Waals surface area (Å²) in [5.41, 5.74) is 0. The van der Waals surface area contributed by atoms with E-state index in [2.05, 4.69) is 16.5 Å². The van der Waals surface area contributed by atoms with Crippen molar-refractivity contribution in [3.8, 4) is 0 Å². The molecule has 0 spiro atoms. The molecule has 0 saturated carbocycles. The quantitative estimate of drug-likeness (QED) is 0.643. The van der Waals surface area contributed by atoms with Crippen LogP contribution in [0.15, 0.2) is 12.4 Å². The Kier molecular flexibility index (Phi) is 3.49. The molecule has 0 saturated heterocycles. The summed E-state index contributed by atoms with van der Waals surface area (Å²) in [6, 6.07) is 0. The van der Waals surface area contributed by atoms with E-state index in [-0.39, 0.29) is 0 Å². The predicted octanol–water partition coefficient (Wildman–Crippen LogP) is 1.94. The topological polar surface area (TPSA) is 17.8 Å². The van der Waals surface area contributed by atoms with Gasteiger partial charge in [-0.3, -0.25) is 0 Å². The van der Waals surface area contributed by atoms with Gasteiger partial charge in [-0.1, -0.05) is 6.92 Å². The molecule has 0 N–H and O–H groups in total. The smallest absolute Gasteiger partial charge is 0.105 e. The lowest BCUT2D eigenvalue weighted by molar-refractivity contribution is 0.738. The van der Waals surface area contributed by atoms with E-state index in [1.165, 1.54) is 11.5 Å². The highest BCUT2D eigenvalue weighted by Crippen LogP contribution is 2.02. The van der Waals surface area contributed by atoms with Gasteiger partial charge in [0.2, 0.25) is 0 Å². The van der Waals surface area contributed by atoms with E-state index >= 15 is 0 Å². The Bertz CT molecular complexity index is 208. The van der Waals surface area contributed by atoms with E-state index in [1.54, 1.807) is 0 Å². The summed E-state index contributed by atoms with van der Waals surface area (Å²) in [5, 5.41) is 0. The van der Waals surface area contributed by atoms with Gasteiger partial charge in [0.1, 0.15) is 5.82 Å². The lowest BCUT2D eigenvalue weighted by atomic mass is 10.6. The number of aromatic nitrogens is 2. The Morgan fingerprint density at radius 3 is 3.00 bits per heavy atom. The van der Waals surface area contributed by atoms with Gasteiger partial charge in [0, 0.05) is 24.7 Å². The van der Waals surface area contributed by atoms with E-state index in [1.807, 2.05) is 31.1 Å². The van der Waals surface area contributed by atoms with Crippen molar-refractivity contribution >= 4 is 11.8 Å². The molecule has 1 rings (SSSR count). The number of hydrogen-bond acceptors (Lipinski definition) is 2. The van der Waals surface area contributed by atoms with Gasteiger partial charge in [0.25, 0.3) is 0 Å². The van der Waals surface area contributed by atoms with Crippen molar-refractivity contribution in [1.82, 2.24) is 9.55 Å². The number of nitrogens with zero attached hydrogens (tertiary/aromatic N) is 2. The molecule has 0 bridgehead atoms. The molecule has 2 nitrogen and oxygen atoms in total. The number of aryl methyl sites for hydroxylation is 2. The summed E-state index contributed by atoms with van der Waals surface area (Å²) in [7, 11) is 0. The van der Waals surface area contributed by atoms with E-state index in [0.717, 1.165) is 12.4 Å². The molecule has 62 valence electrons. The molecule has 11 heavy (non-hydrogen) atoms. The molecule has 0 fully saturated rings. The maximum absolute atomic E-state index is 4.15. The van der Waals surface area contributed by atoms with Crippen LogP contribution in [-0.4, -0.2) is 21.1 Å². The van der Waals surface area contributed by atoms with Crippen LogP contribution < -0.4 is 0 Å². The first-order valence-corrected chi connectivity index (χ1v) is 5.05. The highest BCUT2D eigenvalue weighted by molar-refractivity contribution is 7.99. The summed E-state index contributed by atoms with van der Waals surface area (Å²) >= 11 is 1.97. The minimum absolute atomic E-state index is 1.09. The summed E-state index contributed by atoms with van der Waals surface area (Å²) in [6.45, 7) is 5.31. The maximum Gasteiger partial charge on any atom is 0.105 e. The van der Waals surface area contributed by atoms with Crippen LogP contribution in [0.25, 0.3) is 0 Å². The fraction of sp³-hybridized carbons (Fsp3) is 0.625. The van der Waals surface area contributed by atoms with Crippen molar-refractivity contribution in [1.29, 1.82) is 0 Å². The van der Waals surface area contributed by atoms with Crippen molar-refractivity contribution < 1.29 is 0 Å². The van der Waals surface area contributed by atoms with Crippen LogP contribution >= 0.6 is 11.8 Å². The second-order valence-electron chi connectivity index (χ2n) is 2.36. The lowest BCUT2D eigenvalue weighted by Crippen LogP contribution is -2.01. The first-order valence-electron chi connectivity index (χ1n) is 3.90. The van der Waals surface area contributed by atoms with Crippen molar-refractivity contribution in [2.45, 2.75) is 20.4 Å². The van der Waals surface area contributed by atoms with E-state index in [0.29, 0.717) is 0 Å². The monoisotopic (exact) mass is 170 g/mol. The van der Waals surface area contributed by atoms with Crippen LogP contribution in [-0.2, 0) is 6.54 Å². The van der Waals surface area contributed by atoms with Gasteiger partial charge in [-0.05, 0) is 12.7 Å². The predicted molar refractivity (Wildman–Crippen MR) is 50.0 cm³/mol. The molecule has 0 aromatic carbocycles. The zero-order valence-electron chi connectivity index (χ0n) is 7.08. The first-order chi connectivity index (χ1) is 5.34. The van der Waals surface area contributed by atoms with E-state index < -0.39 is 0 Å². The Balaban J connectivity index is 2.32. The summed E-state index contributed by atoms with van der Waals surface area (Å²) in [6.07, 6.45) is 3.89. The number of thioether (sulfide) groups is 1. The second-order valence-corrected chi connectivity index (χ2v) is 3.76. The molecule has 0 radical (unpaired) electrons. The standard InChI is InChI=1S/C8H14N2S/c1-3-11-7-6-10-5-4-9-8(10)2/h4-5H,3,6-7H2,1-2H3. The third-order valence-corrected chi connectivity index (χ3v) is 2.48. The number of hydrogen-bond donors (Lipinski definition) is 0. The van der Waals surface area contributed by atoms with Gasteiger partial charge >= 0.3 is 0 Å². The van der Waals surface area contributed by atoms with Gasteiger partial charge in [-0.15, -0.1) is 0 Å². The second kappa shape index (κ2) is 4.44. The lowest BCUT2D eigenvalue weighted by Gasteiger charge is -2.02. The minimum atomic E-state index is 1.09. The van der Waals surface area contributed by atoms with Gasteiger partial charge in [-0.2, -0.15) is 11.8 Å². The highest BCUT2D eigenvalue weighted by atomic mass is 32.2. The molecule has 0 aliphatic carbocycles. The van der Waals surface area contributed by atoms with Crippen molar-refractivity contribution in [2.24, 2.45) is 0 Å². The average Bonchev–Trinajstić information content (AvgIpc) is 2.37. The maximum atomic E-state index is 4.15. The third kappa shape index (κ3) is 2.58. The molecule has 1 aromatic rings. The molecule has 0 amide bonds. The Labute approximate surface area is 72.0 Å². The third-order valence-electron chi connectivity index (χ3n) is 1.60. The van der Waals surface area contributed by atoms with Crippen molar-refractivity contribution in [3.63, 3.8) is 0 Å². The fourth-order valence-electron chi connectivity index (χ4n) is 0.947. The fourth-order valence-corrected chi connectivity index (χ4v) is 1.56. The number of imidazole rings is 1. The summed E-state index contributed by atoms with van der Waals surface area (Å²) in [5.74, 6) is 3.50. The Morgan fingerprint density at radius 2 is 2.45 bits per heavy atom. The SMILES string of the molecule is CCSCCn1ccnc1C. The molecule has 0 atom stereocenters. The molecular weight excluding hydrogens is 156 g/mol. The van der Waals surface area contributed by atoms with Crippen LogP contribution in [0, 0.1) is 6.92 Å². The molecule has 0 aliphatic rings. The molecule has 3 heteroatoms. The zero-order valence-corrected chi connectivity index (χ0v) is 7.90. The van der Waals surface area contributed by atoms with E-state index in [9.17, 15) is 0 Å².